The summed E-state index contributed by atoms with van der Waals surface area (Å²) in [5.74, 6) is 1.13. The number of phenolic OH excluding ortho intramolecular Hbond substituents is 1. The van der Waals surface area contributed by atoms with Crippen LogP contribution in [0.1, 0.15) is 21.9 Å². The van der Waals surface area contributed by atoms with E-state index in [2.05, 4.69) is 4.98 Å². The van der Waals surface area contributed by atoms with Crippen LogP contribution in [-0.2, 0) is 4.74 Å². The Balaban J connectivity index is 1.97. The summed E-state index contributed by atoms with van der Waals surface area (Å²) in [5, 5.41) is 11.0. The van der Waals surface area contributed by atoms with Crippen molar-refractivity contribution in [2.24, 2.45) is 0 Å². The van der Waals surface area contributed by atoms with Crippen LogP contribution in [0.3, 0.4) is 0 Å². The van der Waals surface area contributed by atoms with E-state index in [0.29, 0.717) is 45.3 Å². The summed E-state index contributed by atoms with van der Waals surface area (Å²) >= 11 is 0. The number of nitrogens with zero attached hydrogens (tertiary/aromatic N) is 2. The van der Waals surface area contributed by atoms with Gasteiger partial charge in [-0.15, -0.1) is 0 Å². The molecule has 0 unspecified atom stereocenters. The van der Waals surface area contributed by atoms with Crippen molar-refractivity contribution < 1.29 is 23.8 Å². The molecule has 1 N–H and O–H groups in total. The first-order valence-corrected chi connectivity index (χ1v) is 9.93. The number of ether oxygens (including phenoxy) is 2. The molecular weight excluding hydrogens is 408 g/mol. The Labute approximate surface area is 185 Å². The number of furan rings is 1. The molecule has 0 atom stereocenters. The Hall–Kier alpha value is -4.13. The van der Waals surface area contributed by atoms with Gasteiger partial charge in [0.05, 0.1) is 19.9 Å². The zero-order valence-corrected chi connectivity index (χ0v) is 18.2. The number of hydrogen-bond donors (Lipinski definition) is 1. The molecule has 7 nitrogen and oxygen atoms in total. The summed E-state index contributed by atoms with van der Waals surface area (Å²) in [6, 6.07) is 14.7. The Morgan fingerprint density at radius 2 is 1.75 bits per heavy atom. The predicted molar refractivity (Wildman–Crippen MR) is 120 cm³/mol. The van der Waals surface area contributed by atoms with Crippen LogP contribution in [0.5, 0.6) is 11.5 Å². The van der Waals surface area contributed by atoms with Gasteiger partial charge in [-0.25, -0.2) is 14.8 Å². The fourth-order valence-electron chi connectivity index (χ4n) is 3.56. The third kappa shape index (κ3) is 3.69. The largest absolute Gasteiger partial charge is 0.507 e. The monoisotopic (exact) mass is 430 g/mol. The van der Waals surface area contributed by atoms with Crippen molar-refractivity contribution in [3.05, 3.63) is 71.8 Å². The van der Waals surface area contributed by atoms with Crippen LogP contribution in [0, 0.1) is 13.8 Å². The Morgan fingerprint density at radius 3 is 2.44 bits per heavy atom. The zero-order valence-electron chi connectivity index (χ0n) is 18.2. The van der Waals surface area contributed by atoms with Crippen LogP contribution in [0.2, 0.25) is 0 Å². The first-order valence-electron chi connectivity index (χ1n) is 9.93. The number of carbonyl (C=O) groups is 1. The van der Waals surface area contributed by atoms with Gasteiger partial charge in [-0.05, 0) is 32.0 Å². The lowest BCUT2D eigenvalue weighted by atomic mass is 9.98. The average Bonchev–Trinajstić information content (AvgIpc) is 3.22. The molecule has 2 aromatic heterocycles. The van der Waals surface area contributed by atoms with E-state index in [0.717, 1.165) is 5.56 Å². The number of carbonyl (C=O) groups excluding carboxylic acids is 1. The molecule has 2 aromatic carbocycles. The molecule has 0 fully saturated rings. The van der Waals surface area contributed by atoms with Gasteiger partial charge in [0.2, 0.25) is 5.76 Å². The van der Waals surface area contributed by atoms with Gasteiger partial charge in [0, 0.05) is 34.0 Å². The number of methoxy groups -OCH3 is 2. The highest BCUT2D eigenvalue weighted by molar-refractivity contribution is 5.91. The molecule has 0 saturated heterocycles. The Morgan fingerprint density at radius 1 is 1.00 bits per heavy atom. The number of hydrogen-bond acceptors (Lipinski definition) is 7. The molecule has 0 radical (unpaired) electrons. The third-order valence-electron chi connectivity index (χ3n) is 5.27. The molecule has 0 aliphatic heterocycles. The van der Waals surface area contributed by atoms with E-state index >= 15 is 0 Å². The van der Waals surface area contributed by atoms with Crippen LogP contribution < -0.4 is 4.74 Å². The third-order valence-corrected chi connectivity index (χ3v) is 5.27. The first-order chi connectivity index (χ1) is 15.4. The summed E-state index contributed by atoms with van der Waals surface area (Å²) in [4.78, 5) is 21.3. The molecule has 0 aliphatic rings. The van der Waals surface area contributed by atoms with E-state index in [1.807, 2.05) is 30.3 Å². The van der Waals surface area contributed by atoms with E-state index in [4.69, 9.17) is 18.9 Å². The van der Waals surface area contributed by atoms with Crippen molar-refractivity contribution in [2.45, 2.75) is 13.8 Å². The minimum atomic E-state index is -0.578. The quantitative estimate of drug-likeness (QED) is 0.436. The Bertz CT molecular complexity index is 1300. The lowest BCUT2D eigenvalue weighted by molar-refractivity contribution is 0.0563. The molecule has 32 heavy (non-hydrogen) atoms. The lowest BCUT2D eigenvalue weighted by Crippen LogP contribution is -1.99. The molecule has 0 amide bonds. The zero-order chi connectivity index (χ0) is 22.8. The lowest BCUT2D eigenvalue weighted by Gasteiger charge is -2.14. The van der Waals surface area contributed by atoms with Gasteiger partial charge >= 0.3 is 5.97 Å². The van der Waals surface area contributed by atoms with Crippen LogP contribution >= 0.6 is 0 Å². The Kier molecular flexibility index (Phi) is 5.64. The first kappa shape index (κ1) is 21.1. The van der Waals surface area contributed by atoms with Gasteiger partial charge in [-0.1, -0.05) is 30.3 Å². The van der Waals surface area contributed by atoms with E-state index in [9.17, 15) is 9.90 Å². The molecule has 0 bridgehead atoms. The topological polar surface area (TPSA) is 94.7 Å². The number of phenols is 1. The molecule has 0 spiro atoms. The van der Waals surface area contributed by atoms with Crippen molar-refractivity contribution in [2.75, 3.05) is 14.2 Å². The summed E-state index contributed by atoms with van der Waals surface area (Å²) in [6.45, 7) is 3.52. The van der Waals surface area contributed by atoms with Gasteiger partial charge in [0.25, 0.3) is 0 Å². The standard InChI is InChI=1S/C25H22N2O5/c1-14-20(30-3)11-10-17(23(14)28)22-19(18-12-21(25(29)31-4)32-15(18)2)13-26-24(27-22)16-8-6-5-7-9-16/h5-13,28H,1-4H3. The van der Waals surface area contributed by atoms with Crippen molar-refractivity contribution in [3.63, 3.8) is 0 Å². The molecule has 4 rings (SSSR count). The van der Waals surface area contributed by atoms with E-state index in [1.165, 1.54) is 7.11 Å². The number of aromatic nitrogens is 2. The summed E-state index contributed by atoms with van der Waals surface area (Å²) < 4.78 is 15.7. The molecule has 0 aliphatic carbocycles. The second-order valence-electron chi connectivity index (χ2n) is 7.18. The minimum Gasteiger partial charge on any atom is -0.507 e. The van der Waals surface area contributed by atoms with Crippen molar-refractivity contribution in [1.82, 2.24) is 9.97 Å². The number of aryl methyl sites for hydroxylation is 1. The predicted octanol–water partition coefficient (Wildman–Crippen LogP) is 5.19. The van der Waals surface area contributed by atoms with E-state index in [-0.39, 0.29) is 11.5 Å². The van der Waals surface area contributed by atoms with E-state index in [1.54, 1.807) is 45.4 Å². The normalized spacial score (nSPS) is 10.8. The highest BCUT2D eigenvalue weighted by Crippen LogP contribution is 2.41. The summed E-state index contributed by atoms with van der Waals surface area (Å²) in [6.07, 6.45) is 1.67. The van der Waals surface area contributed by atoms with Crippen LogP contribution in [-0.4, -0.2) is 35.3 Å². The fourth-order valence-corrected chi connectivity index (χ4v) is 3.56. The molecule has 4 aromatic rings. The van der Waals surface area contributed by atoms with Gasteiger partial charge in [-0.3, -0.25) is 0 Å². The van der Waals surface area contributed by atoms with Crippen molar-refractivity contribution >= 4 is 5.97 Å². The maximum Gasteiger partial charge on any atom is 0.373 e. The summed E-state index contributed by atoms with van der Waals surface area (Å²) in [7, 11) is 2.84. The SMILES string of the molecule is COC(=O)c1cc(-c2cnc(-c3ccccc3)nc2-c2ccc(OC)c(C)c2O)c(C)o1. The number of rotatable bonds is 5. The smallest absolute Gasteiger partial charge is 0.373 e. The molecule has 2 heterocycles. The van der Waals surface area contributed by atoms with Crippen molar-refractivity contribution in [1.29, 1.82) is 0 Å². The van der Waals surface area contributed by atoms with Gasteiger partial charge < -0.3 is 19.0 Å². The van der Waals surface area contributed by atoms with Gasteiger partial charge in [-0.2, -0.15) is 0 Å². The van der Waals surface area contributed by atoms with Gasteiger partial charge in [0.1, 0.15) is 17.3 Å². The highest BCUT2D eigenvalue weighted by atomic mass is 16.5. The van der Waals surface area contributed by atoms with Gasteiger partial charge in [0.15, 0.2) is 5.82 Å². The van der Waals surface area contributed by atoms with E-state index < -0.39 is 5.97 Å². The molecule has 162 valence electrons. The van der Waals surface area contributed by atoms with Crippen LogP contribution in [0.4, 0.5) is 0 Å². The average molecular weight is 430 g/mol. The van der Waals surface area contributed by atoms with Crippen molar-refractivity contribution in [3.8, 4) is 45.3 Å². The molecule has 7 heteroatoms. The molecule has 0 saturated carbocycles. The number of benzene rings is 2. The highest BCUT2D eigenvalue weighted by Gasteiger charge is 2.23. The second kappa shape index (κ2) is 8.55. The maximum atomic E-state index is 12.0. The minimum absolute atomic E-state index is 0.0534. The second-order valence-corrected chi connectivity index (χ2v) is 7.18. The number of aromatic hydroxyl groups is 1. The fraction of sp³-hybridized carbons (Fsp3) is 0.160. The van der Waals surface area contributed by atoms with Crippen LogP contribution in [0.15, 0.2) is 59.1 Å². The maximum absolute atomic E-state index is 12.0. The summed E-state index contributed by atoms with van der Waals surface area (Å²) in [5.41, 5.74) is 3.69. The van der Waals surface area contributed by atoms with Crippen LogP contribution in [0.25, 0.3) is 33.8 Å². The molecular formula is C25H22N2O5. The number of esters is 1.